The molecule has 8 nitrogen and oxygen atoms in total. The van der Waals surface area contributed by atoms with Crippen LogP contribution in [0.2, 0.25) is 5.02 Å². The van der Waals surface area contributed by atoms with Gasteiger partial charge in [0.05, 0.1) is 28.5 Å². The van der Waals surface area contributed by atoms with Gasteiger partial charge in [-0.2, -0.15) is 0 Å². The summed E-state index contributed by atoms with van der Waals surface area (Å²) in [5.41, 5.74) is 1.95. The maximum atomic E-state index is 14.0. The molecule has 10 heteroatoms. The number of nitrogens with zero attached hydrogens (tertiary/aromatic N) is 2. The van der Waals surface area contributed by atoms with Crippen LogP contribution < -0.4 is 19.6 Å². The van der Waals surface area contributed by atoms with Gasteiger partial charge in [-0.3, -0.25) is 9.36 Å². The average Bonchev–Trinajstić information content (AvgIpc) is 3.53. The number of fused-ring (bicyclic) bond motifs is 1. The van der Waals surface area contributed by atoms with Crippen molar-refractivity contribution in [3.63, 3.8) is 0 Å². The van der Waals surface area contributed by atoms with E-state index >= 15 is 0 Å². The van der Waals surface area contributed by atoms with Crippen LogP contribution in [0.15, 0.2) is 86.1 Å². The molecule has 0 fully saturated rings. The second-order valence-electron chi connectivity index (χ2n) is 9.62. The van der Waals surface area contributed by atoms with Gasteiger partial charge in [0.2, 0.25) is 0 Å². The van der Waals surface area contributed by atoms with Crippen molar-refractivity contribution in [3.8, 4) is 17.1 Å². The van der Waals surface area contributed by atoms with Crippen LogP contribution in [0.1, 0.15) is 38.1 Å². The van der Waals surface area contributed by atoms with Crippen molar-refractivity contribution in [2.45, 2.75) is 32.9 Å². The molecule has 0 saturated heterocycles. The number of hydrogen-bond donors (Lipinski definition) is 0. The fraction of sp³-hybridized carbons (Fsp3) is 0.258. The van der Waals surface area contributed by atoms with Gasteiger partial charge >= 0.3 is 5.97 Å². The van der Waals surface area contributed by atoms with Gasteiger partial charge in [0.15, 0.2) is 4.80 Å². The van der Waals surface area contributed by atoms with Gasteiger partial charge in [-0.1, -0.05) is 41.1 Å². The van der Waals surface area contributed by atoms with Crippen molar-refractivity contribution in [1.29, 1.82) is 0 Å². The number of methoxy groups -OCH3 is 1. The number of rotatable bonds is 9. The van der Waals surface area contributed by atoms with E-state index in [2.05, 4.69) is 4.99 Å². The normalized spacial score (nSPS) is 15.2. The standard InChI is InChI=1S/C31H29ClN2O6S/c1-18(2)39-25-8-6-5-7-23(25)28-27(30(36)38-16-15-37-4)19(3)33-31-34(28)29(35)26(41-31)17-22-13-14-24(40-22)20-9-11-21(32)12-10-20/h5-14,17-18,28H,15-16H2,1-4H3/b26-17+/t28-/m1/s1. The van der Waals surface area contributed by atoms with Crippen molar-refractivity contribution in [1.82, 2.24) is 4.57 Å². The molecular formula is C31H29ClN2O6S. The molecule has 0 amide bonds. The average molecular weight is 593 g/mol. The molecule has 2 aromatic carbocycles. The maximum absolute atomic E-state index is 14.0. The van der Waals surface area contributed by atoms with Gasteiger partial charge in [-0.15, -0.1) is 0 Å². The minimum atomic E-state index is -0.806. The molecule has 1 aliphatic rings. The van der Waals surface area contributed by atoms with Gasteiger partial charge < -0.3 is 18.6 Å². The molecular weight excluding hydrogens is 564 g/mol. The van der Waals surface area contributed by atoms with E-state index < -0.39 is 12.0 Å². The first-order valence-corrected chi connectivity index (χ1v) is 14.3. The summed E-state index contributed by atoms with van der Waals surface area (Å²) in [6.07, 6.45) is 1.56. The highest BCUT2D eigenvalue weighted by Gasteiger charge is 2.35. The lowest BCUT2D eigenvalue weighted by Gasteiger charge is -2.27. The Balaban J connectivity index is 1.63. The zero-order valence-corrected chi connectivity index (χ0v) is 24.6. The second kappa shape index (κ2) is 12.3. The van der Waals surface area contributed by atoms with E-state index in [9.17, 15) is 9.59 Å². The molecule has 4 aromatic rings. The monoisotopic (exact) mass is 592 g/mol. The number of aromatic nitrogens is 1. The largest absolute Gasteiger partial charge is 0.491 e. The molecule has 212 valence electrons. The molecule has 0 radical (unpaired) electrons. The van der Waals surface area contributed by atoms with Gasteiger partial charge in [-0.05, 0) is 63.2 Å². The number of furan rings is 1. The topological polar surface area (TPSA) is 92.3 Å². The Hall–Kier alpha value is -3.92. The van der Waals surface area contributed by atoms with Crippen LogP contribution in [0, 0.1) is 0 Å². The predicted molar refractivity (Wildman–Crippen MR) is 158 cm³/mol. The molecule has 1 atom stereocenters. The zero-order chi connectivity index (χ0) is 29.1. The predicted octanol–water partition coefficient (Wildman–Crippen LogP) is 5.13. The Morgan fingerprint density at radius 1 is 1.12 bits per heavy atom. The van der Waals surface area contributed by atoms with Crippen molar-refractivity contribution < 1.29 is 23.4 Å². The van der Waals surface area contributed by atoms with Crippen molar-refractivity contribution >= 4 is 35.0 Å². The van der Waals surface area contributed by atoms with E-state index in [1.54, 1.807) is 31.2 Å². The summed E-state index contributed by atoms with van der Waals surface area (Å²) in [5, 5.41) is 0.633. The number of para-hydroxylation sites is 1. The van der Waals surface area contributed by atoms with E-state index in [4.69, 9.17) is 30.2 Å². The molecule has 0 unspecified atom stereocenters. The SMILES string of the molecule is COCCOC(=O)C1=C(C)N=c2s/c(=C/c3ccc(-c4ccc(Cl)cc4)o3)c(=O)n2[C@@H]1c1ccccc1OC(C)C. The summed E-state index contributed by atoms with van der Waals surface area (Å²) >= 11 is 7.24. The summed E-state index contributed by atoms with van der Waals surface area (Å²) in [6, 6.07) is 17.5. The Kier molecular flexibility index (Phi) is 8.58. The maximum Gasteiger partial charge on any atom is 0.338 e. The summed E-state index contributed by atoms with van der Waals surface area (Å²) < 4.78 is 24.6. The van der Waals surface area contributed by atoms with E-state index in [0.29, 0.717) is 42.9 Å². The molecule has 41 heavy (non-hydrogen) atoms. The zero-order valence-electron chi connectivity index (χ0n) is 23.0. The van der Waals surface area contributed by atoms with Crippen LogP contribution >= 0.6 is 22.9 Å². The van der Waals surface area contributed by atoms with Crippen molar-refractivity contribution in [2.75, 3.05) is 20.3 Å². The summed E-state index contributed by atoms with van der Waals surface area (Å²) in [7, 11) is 1.53. The lowest BCUT2D eigenvalue weighted by Crippen LogP contribution is -2.40. The first-order chi connectivity index (χ1) is 19.8. The first-order valence-electron chi connectivity index (χ1n) is 13.1. The minimum absolute atomic E-state index is 0.0713. The second-order valence-corrected chi connectivity index (χ2v) is 11.1. The molecule has 2 aromatic heterocycles. The van der Waals surface area contributed by atoms with Gasteiger partial charge in [0.1, 0.15) is 29.9 Å². The third-order valence-electron chi connectivity index (χ3n) is 6.37. The molecule has 5 rings (SSSR count). The fourth-order valence-electron chi connectivity index (χ4n) is 4.57. The Labute approximate surface area is 245 Å². The lowest BCUT2D eigenvalue weighted by atomic mass is 9.95. The number of carbonyl (C=O) groups is 1. The minimum Gasteiger partial charge on any atom is -0.491 e. The number of esters is 1. The number of ether oxygens (including phenoxy) is 3. The van der Waals surface area contributed by atoms with Crippen molar-refractivity contribution in [3.05, 3.63) is 108 Å². The lowest BCUT2D eigenvalue weighted by molar-refractivity contribution is -0.140. The van der Waals surface area contributed by atoms with Crippen LogP contribution in [0.25, 0.3) is 17.4 Å². The Bertz CT molecular complexity index is 1780. The van der Waals surface area contributed by atoms with E-state index in [1.807, 2.05) is 56.3 Å². The van der Waals surface area contributed by atoms with Crippen LogP contribution in [0.3, 0.4) is 0 Å². The Morgan fingerprint density at radius 2 is 1.88 bits per heavy atom. The number of carbonyl (C=O) groups excluding carboxylic acids is 1. The van der Waals surface area contributed by atoms with Crippen LogP contribution in [-0.4, -0.2) is 37.0 Å². The third-order valence-corrected chi connectivity index (χ3v) is 7.60. The highest BCUT2D eigenvalue weighted by Crippen LogP contribution is 2.36. The molecule has 3 heterocycles. The third kappa shape index (κ3) is 6.07. The number of allylic oxidation sites excluding steroid dienone is 1. The van der Waals surface area contributed by atoms with Gasteiger partial charge in [0, 0.05) is 29.3 Å². The number of thiazole rings is 1. The summed E-state index contributed by atoms with van der Waals surface area (Å²) in [6.45, 7) is 5.91. The first kappa shape index (κ1) is 28.6. The quantitative estimate of drug-likeness (QED) is 0.198. The molecule has 0 N–H and O–H groups in total. The van der Waals surface area contributed by atoms with Crippen LogP contribution in [0.4, 0.5) is 0 Å². The summed E-state index contributed by atoms with van der Waals surface area (Å²) in [5.74, 6) is 1.16. The highest BCUT2D eigenvalue weighted by atomic mass is 35.5. The van der Waals surface area contributed by atoms with Crippen LogP contribution in [0.5, 0.6) is 5.75 Å². The molecule has 0 spiro atoms. The molecule has 0 bridgehead atoms. The smallest absolute Gasteiger partial charge is 0.338 e. The van der Waals surface area contributed by atoms with E-state index in [0.717, 1.165) is 5.56 Å². The van der Waals surface area contributed by atoms with E-state index in [1.165, 1.54) is 23.0 Å². The molecule has 0 saturated carbocycles. The highest BCUT2D eigenvalue weighted by molar-refractivity contribution is 7.07. The number of hydrogen-bond acceptors (Lipinski definition) is 8. The Morgan fingerprint density at radius 3 is 2.61 bits per heavy atom. The number of halogens is 1. The van der Waals surface area contributed by atoms with Crippen molar-refractivity contribution in [2.24, 2.45) is 4.99 Å². The van der Waals surface area contributed by atoms with E-state index in [-0.39, 0.29) is 30.5 Å². The van der Waals surface area contributed by atoms with Gasteiger partial charge in [-0.25, -0.2) is 9.79 Å². The number of benzene rings is 2. The molecule has 1 aliphatic heterocycles. The molecule has 0 aliphatic carbocycles. The summed E-state index contributed by atoms with van der Waals surface area (Å²) in [4.78, 5) is 32.5. The fourth-order valence-corrected chi connectivity index (χ4v) is 5.72. The van der Waals surface area contributed by atoms with Gasteiger partial charge in [0.25, 0.3) is 5.56 Å². The van der Waals surface area contributed by atoms with Crippen LogP contribution in [-0.2, 0) is 14.3 Å².